The van der Waals surface area contributed by atoms with Gasteiger partial charge in [0.25, 0.3) is 0 Å². The van der Waals surface area contributed by atoms with Crippen molar-refractivity contribution in [1.29, 1.82) is 0 Å². The summed E-state index contributed by atoms with van der Waals surface area (Å²) in [7, 11) is -1.70. The number of fused-ring (bicyclic) bond motifs is 2. The van der Waals surface area contributed by atoms with E-state index in [9.17, 15) is 0 Å². The lowest BCUT2D eigenvalue weighted by Gasteiger charge is -2.28. The van der Waals surface area contributed by atoms with E-state index >= 15 is 0 Å². The summed E-state index contributed by atoms with van der Waals surface area (Å²) in [5.41, 5.74) is 4.02. The largest absolute Gasteiger partial charge is 0.0622 e. The van der Waals surface area contributed by atoms with Crippen molar-refractivity contribution in [2.24, 2.45) is 0 Å². The molecule has 0 saturated heterocycles. The van der Waals surface area contributed by atoms with Gasteiger partial charge in [0, 0.05) is 0 Å². The molecule has 0 aliphatic carbocycles. The molecule has 2 heteroatoms. The Hall–Kier alpha value is -5.64. The van der Waals surface area contributed by atoms with Crippen molar-refractivity contribution in [3.05, 3.63) is 230 Å². The third kappa shape index (κ3) is 7.49. The maximum absolute atomic E-state index is 2.42. The monoisotopic (exact) mass is 714 g/mol. The van der Waals surface area contributed by atoms with E-state index in [1.807, 2.05) is 18.2 Å². The number of aryl methyl sites for hydroxylation is 1. The van der Waals surface area contributed by atoms with E-state index < -0.39 is 15.8 Å². The Balaban J connectivity index is 0.000000515. The fraction of sp³-hybridized carbons (Fsp3) is 0.0196. The first-order valence-corrected chi connectivity index (χ1v) is 20.8. The van der Waals surface area contributed by atoms with E-state index in [2.05, 4.69) is 213 Å². The van der Waals surface area contributed by atoms with Gasteiger partial charge in [-0.05, 0) is 87.3 Å². The average molecular weight is 715 g/mol. The molecule has 0 heterocycles. The van der Waals surface area contributed by atoms with Crippen LogP contribution in [0.1, 0.15) is 5.56 Å². The third-order valence-electron chi connectivity index (χ3n) is 9.54. The Labute approximate surface area is 316 Å². The zero-order chi connectivity index (χ0) is 35.8. The van der Waals surface area contributed by atoms with Crippen LogP contribution in [0.25, 0.3) is 32.7 Å². The molecule has 0 amide bonds. The third-order valence-corrected chi connectivity index (χ3v) is 14.5. The van der Waals surface area contributed by atoms with E-state index in [-0.39, 0.29) is 0 Å². The summed E-state index contributed by atoms with van der Waals surface area (Å²) in [4.78, 5) is 0. The van der Waals surface area contributed by atoms with Gasteiger partial charge in [0.15, 0.2) is 0 Å². The molecule has 0 atom stereocenters. The van der Waals surface area contributed by atoms with Gasteiger partial charge >= 0.3 is 0 Å². The molecule has 0 N–H and O–H groups in total. The van der Waals surface area contributed by atoms with Crippen LogP contribution in [-0.2, 0) is 0 Å². The Bertz CT molecular complexity index is 2310. The summed E-state index contributed by atoms with van der Waals surface area (Å²) in [6.45, 7) is 2.08. The molecule has 0 fully saturated rings. The number of hydrogen-bond donors (Lipinski definition) is 0. The van der Waals surface area contributed by atoms with Gasteiger partial charge in [-0.25, -0.2) is 0 Å². The standard InChI is InChI=1S/C44H32P2.C7H8/c1-5-19-35(20-6-1)45(36-21-7-2-8-22-36)41-31-29-33-17-13-15-27-39(33)43(41)44-40-28-16-14-18-34(40)30-32-42(44)46(37-23-9-3-10-24-37)38-25-11-4-12-26-38;1-7-5-3-2-4-6-7/h1-32H;2-6H,1H3. The first-order chi connectivity index (χ1) is 26.3. The minimum atomic E-state index is -0.852. The zero-order valence-corrected chi connectivity index (χ0v) is 31.5. The van der Waals surface area contributed by atoms with Crippen LogP contribution in [0, 0.1) is 6.92 Å². The summed E-state index contributed by atoms with van der Waals surface area (Å²) >= 11 is 0. The van der Waals surface area contributed by atoms with Gasteiger partial charge in [0.2, 0.25) is 0 Å². The van der Waals surface area contributed by atoms with Crippen LogP contribution in [-0.4, -0.2) is 0 Å². The summed E-state index contributed by atoms with van der Waals surface area (Å²) < 4.78 is 0. The molecule has 0 radical (unpaired) electrons. The van der Waals surface area contributed by atoms with Crippen LogP contribution in [0.3, 0.4) is 0 Å². The first kappa shape index (κ1) is 34.4. The van der Waals surface area contributed by atoms with Crippen molar-refractivity contribution in [3.8, 4) is 11.1 Å². The normalized spacial score (nSPS) is 11.1. The Morgan fingerprint density at radius 3 is 0.849 bits per heavy atom. The lowest BCUT2D eigenvalue weighted by Crippen LogP contribution is -2.26. The molecule has 53 heavy (non-hydrogen) atoms. The second-order valence-electron chi connectivity index (χ2n) is 13.0. The molecule has 0 aromatic heterocycles. The second-order valence-corrected chi connectivity index (χ2v) is 17.4. The van der Waals surface area contributed by atoms with E-state index in [1.54, 1.807) is 0 Å². The molecule has 9 rings (SSSR count). The summed E-state index contributed by atoms with van der Waals surface area (Å²) in [6.07, 6.45) is 0. The fourth-order valence-corrected chi connectivity index (χ4v) is 12.1. The van der Waals surface area contributed by atoms with E-state index in [4.69, 9.17) is 0 Å². The van der Waals surface area contributed by atoms with E-state index in [0.717, 1.165) is 0 Å². The molecule has 0 spiro atoms. The Morgan fingerprint density at radius 1 is 0.264 bits per heavy atom. The molecule has 0 bridgehead atoms. The minimum Gasteiger partial charge on any atom is -0.0622 e. The minimum absolute atomic E-state index is 0.852. The van der Waals surface area contributed by atoms with E-state index in [0.29, 0.717) is 0 Å². The molecule has 0 saturated carbocycles. The first-order valence-electron chi connectivity index (χ1n) is 18.1. The van der Waals surface area contributed by atoms with Gasteiger partial charge in [-0.3, -0.25) is 0 Å². The predicted octanol–water partition coefficient (Wildman–Crippen LogP) is 11.2. The molecule has 0 unspecified atom stereocenters. The summed E-state index contributed by atoms with van der Waals surface area (Å²) in [5.74, 6) is 0. The summed E-state index contributed by atoms with van der Waals surface area (Å²) in [6, 6.07) is 82.1. The molecule has 0 nitrogen and oxygen atoms in total. The molecule has 9 aromatic rings. The van der Waals surface area contributed by atoms with Crippen molar-refractivity contribution in [2.45, 2.75) is 6.92 Å². The van der Waals surface area contributed by atoms with Gasteiger partial charge < -0.3 is 0 Å². The highest BCUT2D eigenvalue weighted by Crippen LogP contribution is 2.45. The Kier molecular flexibility index (Phi) is 10.6. The smallest absolute Gasteiger partial charge is 0.000884 e. The number of benzene rings is 9. The summed E-state index contributed by atoms with van der Waals surface area (Å²) in [5, 5.41) is 13.3. The fourth-order valence-electron chi connectivity index (χ4n) is 7.12. The Morgan fingerprint density at radius 2 is 0.547 bits per heavy atom. The second kappa shape index (κ2) is 16.4. The van der Waals surface area contributed by atoms with Gasteiger partial charge in [0.1, 0.15) is 0 Å². The SMILES string of the molecule is Cc1ccccc1.c1ccc(P(c2ccccc2)c2ccc3ccccc3c2-c2c(P(c3ccccc3)c3ccccc3)ccc3ccccc23)cc1. The van der Waals surface area contributed by atoms with Crippen molar-refractivity contribution in [3.63, 3.8) is 0 Å². The number of rotatable bonds is 7. The molecule has 9 aromatic carbocycles. The van der Waals surface area contributed by atoms with Crippen LogP contribution in [0.5, 0.6) is 0 Å². The van der Waals surface area contributed by atoms with Crippen molar-refractivity contribution in [1.82, 2.24) is 0 Å². The van der Waals surface area contributed by atoms with Crippen molar-refractivity contribution >= 4 is 69.2 Å². The molecular weight excluding hydrogens is 675 g/mol. The maximum Gasteiger partial charge on any atom is -0.000884 e. The van der Waals surface area contributed by atoms with Crippen LogP contribution in [0.15, 0.2) is 224 Å². The highest BCUT2D eigenvalue weighted by molar-refractivity contribution is 7.80. The van der Waals surface area contributed by atoms with Crippen LogP contribution in [0.2, 0.25) is 0 Å². The molecule has 0 aliphatic rings. The van der Waals surface area contributed by atoms with Gasteiger partial charge in [-0.15, -0.1) is 0 Å². The van der Waals surface area contributed by atoms with Gasteiger partial charge in [0.05, 0.1) is 0 Å². The lowest BCUT2D eigenvalue weighted by atomic mass is 9.93. The quantitative estimate of drug-likeness (QED) is 0.144. The maximum atomic E-state index is 2.42. The molecule has 0 aliphatic heterocycles. The van der Waals surface area contributed by atoms with Crippen molar-refractivity contribution < 1.29 is 0 Å². The van der Waals surface area contributed by atoms with Gasteiger partial charge in [-0.2, -0.15) is 0 Å². The number of hydrogen-bond acceptors (Lipinski definition) is 0. The zero-order valence-electron chi connectivity index (χ0n) is 29.8. The van der Waals surface area contributed by atoms with Gasteiger partial charge in [-0.1, -0.05) is 230 Å². The highest BCUT2D eigenvalue weighted by atomic mass is 31.1. The van der Waals surface area contributed by atoms with Crippen LogP contribution in [0.4, 0.5) is 0 Å². The molecule has 254 valence electrons. The topological polar surface area (TPSA) is 0 Å². The highest BCUT2D eigenvalue weighted by Gasteiger charge is 2.28. The van der Waals surface area contributed by atoms with Crippen LogP contribution >= 0.6 is 15.8 Å². The van der Waals surface area contributed by atoms with E-state index in [1.165, 1.54) is 70.1 Å². The average Bonchev–Trinajstić information content (AvgIpc) is 3.23. The predicted molar refractivity (Wildman–Crippen MR) is 235 cm³/mol. The molecular formula is C51H40P2. The lowest BCUT2D eigenvalue weighted by molar-refractivity contribution is 1.48. The van der Waals surface area contributed by atoms with Crippen molar-refractivity contribution in [2.75, 3.05) is 0 Å². The van der Waals surface area contributed by atoms with Crippen LogP contribution < -0.4 is 31.8 Å².